The highest BCUT2D eigenvalue weighted by atomic mass is 79.9. The minimum atomic E-state index is -0.208. The van der Waals surface area contributed by atoms with E-state index in [9.17, 15) is 4.79 Å². The number of amides is 1. The van der Waals surface area contributed by atoms with Gasteiger partial charge in [-0.15, -0.1) is 11.3 Å². The summed E-state index contributed by atoms with van der Waals surface area (Å²) in [5, 5.41) is 7.13. The molecule has 0 atom stereocenters. The number of hydrogen-bond acceptors (Lipinski definition) is 5. The Balaban J connectivity index is 1.76. The van der Waals surface area contributed by atoms with Gasteiger partial charge in [0, 0.05) is 4.47 Å². The van der Waals surface area contributed by atoms with E-state index in [1.807, 2.05) is 36.4 Å². The Morgan fingerprint density at radius 1 is 1.18 bits per heavy atom. The summed E-state index contributed by atoms with van der Waals surface area (Å²) in [6.45, 7) is 0. The number of hydrogen-bond donors (Lipinski definition) is 2. The second-order valence-corrected chi connectivity index (χ2v) is 6.49. The molecule has 0 unspecified atom stereocenters. The lowest BCUT2D eigenvalue weighted by molar-refractivity contribution is -0.110. The molecule has 0 saturated carbocycles. The number of rotatable bonds is 2. The summed E-state index contributed by atoms with van der Waals surface area (Å²) < 4.78 is 1.95. The van der Waals surface area contributed by atoms with Gasteiger partial charge in [0.05, 0.1) is 32.7 Å². The molecule has 0 aliphatic carbocycles. The van der Waals surface area contributed by atoms with Crippen LogP contribution in [-0.4, -0.2) is 16.6 Å². The molecule has 5 nitrogen and oxygen atoms in total. The van der Waals surface area contributed by atoms with Gasteiger partial charge in [0.25, 0.3) is 5.91 Å². The van der Waals surface area contributed by atoms with Crippen molar-refractivity contribution in [3.63, 3.8) is 0 Å². The fourth-order valence-corrected chi connectivity index (χ4v) is 3.42. The van der Waals surface area contributed by atoms with E-state index in [2.05, 4.69) is 36.8 Å². The Kier molecular flexibility index (Phi) is 3.16. The predicted molar refractivity (Wildman–Crippen MR) is 92.6 cm³/mol. The molecule has 108 valence electrons. The molecule has 4 rings (SSSR count). The van der Waals surface area contributed by atoms with Gasteiger partial charge in [-0.25, -0.2) is 4.98 Å². The Bertz CT molecular complexity index is 917. The molecular weight excluding hydrogens is 364 g/mol. The van der Waals surface area contributed by atoms with Crippen LogP contribution >= 0.6 is 27.3 Å². The Labute approximate surface area is 138 Å². The SMILES string of the molecule is O=C1Nc2ccc3ncsc3c2/C1=N/Nc1ccc(Br)cc1. The number of hydrazone groups is 1. The van der Waals surface area contributed by atoms with Gasteiger partial charge in [-0.2, -0.15) is 5.10 Å². The highest BCUT2D eigenvalue weighted by molar-refractivity contribution is 9.10. The molecule has 0 saturated heterocycles. The summed E-state index contributed by atoms with van der Waals surface area (Å²) in [7, 11) is 0. The van der Waals surface area contributed by atoms with Crippen LogP contribution in [-0.2, 0) is 4.79 Å². The van der Waals surface area contributed by atoms with Crippen LogP contribution in [0.1, 0.15) is 5.56 Å². The van der Waals surface area contributed by atoms with Crippen LogP contribution in [0.25, 0.3) is 10.2 Å². The van der Waals surface area contributed by atoms with Crippen molar-refractivity contribution in [1.29, 1.82) is 0 Å². The highest BCUT2D eigenvalue weighted by Gasteiger charge is 2.29. The topological polar surface area (TPSA) is 66.4 Å². The van der Waals surface area contributed by atoms with Crippen LogP contribution in [0.2, 0.25) is 0 Å². The molecule has 0 fully saturated rings. The number of anilines is 2. The number of aromatic nitrogens is 1. The molecule has 1 aliphatic rings. The van der Waals surface area contributed by atoms with Crippen LogP contribution < -0.4 is 10.7 Å². The fourth-order valence-electron chi connectivity index (χ4n) is 2.31. The van der Waals surface area contributed by atoms with Crippen molar-refractivity contribution in [2.75, 3.05) is 10.7 Å². The van der Waals surface area contributed by atoms with Crippen molar-refractivity contribution in [3.05, 3.63) is 51.9 Å². The van der Waals surface area contributed by atoms with Gasteiger partial charge in [0.1, 0.15) is 0 Å². The zero-order valence-corrected chi connectivity index (χ0v) is 13.5. The van der Waals surface area contributed by atoms with Crippen LogP contribution in [0.3, 0.4) is 0 Å². The summed E-state index contributed by atoms with van der Waals surface area (Å²) >= 11 is 4.89. The molecule has 7 heteroatoms. The molecule has 1 aliphatic heterocycles. The first-order valence-corrected chi connectivity index (χ1v) is 8.17. The zero-order valence-electron chi connectivity index (χ0n) is 11.1. The Morgan fingerprint density at radius 2 is 2.00 bits per heavy atom. The summed E-state index contributed by atoms with van der Waals surface area (Å²) in [6, 6.07) is 11.3. The number of fused-ring (bicyclic) bond motifs is 3. The third kappa shape index (κ3) is 2.18. The van der Waals surface area contributed by atoms with E-state index in [-0.39, 0.29) is 5.91 Å². The summed E-state index contributed by atoms with van der Waals surface area (Å²) in [5.74, 6) is -0.208. The molecule has 2 N–H and O–H groups in total. The minimum Gasteiger partial charge on any atom is -0.320 e. The second-order valence-electron chi connectivity index (χ2n) is 4.72. The van der Waals surface area contributed by atoms with Gasteiger partial charge in [-0.05, 0) is 36.4 Å². The number of carbonyl (C=O) groups is 1. The van der Waals surface area contributed by atoms with Crippen molar-refractivity contribution >= 4 is 60.5 Å². The Hall–Kier alpha value is -2.25. The second kappa shape index (κ2) is 5.19. The monoisotopic (exact) mass is 372 g/mol. The average Bonchev–Trinajstić information content (AvgIpc) is 3.10. The van der Waals surface area contributed by atoms with Gasteiger partial charge in [0.15, 0.2) is 5.71 Å². The normalized spacial score (nSPS) is 15.1. The first-order chi connectivity index (χ1) is 10.7. The molecule has 0 radical (unpaired) electrons. The summed E-state index contributed by atoms with van der Waals surface area (Å²) in [6.07, 6.45) is 0. The van der Waals surface area contributed by atoms with E-state index < -0.39 is 0 Å². The van der Waals surface area contributed by atoms with Gasteiger partial charge in [0.2, 0.25) is 0 Å². The maximum atomic E-state index is 12.2. The molecule has 1 amide bonds. The van der Waals surface area contributed by atoms with Crippen LogP contribution in [0.5, 0.6) is 0 Å². The lowest BCUT2D eigenvalue weighted by Gasteiger charge is -2.02. The number of benzene rings is 2. The minimum absolute atomic E-state index is 0.208. The van der Waals surface area contributed by atoms with Crippen molar-refractivity contribution in [2.24, 2.45) is 5.10 Å². The molecule has 1 aromatic heterocycles. The molecule has 22 heavy (non-hydrogen) atoms. The lowest BCUT2D eigenvalue weighted by atomic mass is 10.1. The van der Waals surface area contributed by atoms with Gasteiger partial charge >= 0.3 is 0 Å². The number of carbonyl (C=O) groups excluding carboxylic acids is 1. The predicted octanol–water partition coefficient (Wildman–Crippen LogP) is 3.83. The number of nitrogens with one attached hydrogen (secondary N) is 2. The van der Waals surface area contributed by atoms with Crippen molar-refractivity contribution in [1.82, 2.24) is 4.98 Å². The van der Waals surface area contributed by atoms with Crippen LogP contribution in [0, 0.1) is 0 Å². The van der Waals surface area contributed by atoms with Crippen molar-refractivity contribution < 1.29 is 4.79 Å². The number of nitrogens with zero attached hydrogens (tertiary/aromatic N) is 2. The third-order valence-corrected chi connectivity index (χ3v) is 4.73. The number of halogens is 1. The van der Waals surface area contributed by atoms with Gasteiger partial charge in [-0.1, -0.05) is 15.9 Å². The quantitative estimate of drug-likeness (QED) is 0.671. The standard InChI is InChI=1S/C15H9BrN4OS/c16-8-1-3-9(4-2-8)19-20-13-12-10(18-15(13)21)5-6-11-14(12)22-7-17-11/h1-7,19H,(H,18,20,21). The van der Waals surface area contributed by atoms with E-state index in [1.54, 1.807) is 5.51 Å². The first-order valence-electron chi connectivity index (χ1n) is 6.49. The largest absolute Gasteiger partial charge is 0.320 e. The molecule has 2 aromatic carbocycles. The molecular formula is C15H9BrN4OS. The first kappa shape index (κ1) is 13.4. The van der Waals surface area contributed by atoms with E-state index >= 15 is 0 Å². The van der Waals surface area contributed by atoms with E-state index in [1.165, 1.54) is 11.3 Å². The molecule has 0 bridgehead atoms. The third-order valence-electron chi connectivity index (χ3n) is 3.34. The highest BCUT2D eigenvalue weighted by Crippen LogP contribution is 2.33. The maximum absolute atomic E-state index is 12.2. The van der Waals surface area contributed by atoms with E-state index in [4.69, 9.17) is 0 Å². The molecule has 0 spiro atoms. The average molecular weight is 373 g/mol. The fraction of sp³-hybridized carbons (Fsp3) is 0. The van der Waals surface area contributed by atoms with Gasteiger partial charge < -0.3 is 5.32 Å². The van der Waals surface area contributed by atoms with Crippen molar-refractivity contribution in [2.45, 2.75) is 0 Å². The van der Waals surface area contributed by atoms with Crippen molar-refractivity contribution in [3.8, 4) is 0 Å². The Morgan fingerprint density at radius 3 is 2.82 bits per heavy atom. The van der Waals surface area contributed by atoms with E-state index in [0.717, 1.165) is 31.6 Å². The van der Waals surface area contributed by atoms with Crippen LogP contribution in [0.15, 0.2) is 51.5 Å². The summed E-state index contributed by atoms with van der Waals surface area (Å²) in [5.41, 5.74) is 8.36. The lowest BCUT2D eigenvalue weighted by Crippen LogP contribution is -2.15. The number of thiazole rings is 1. The molecule has 3 aromatic rings. The van der Waals surface area contributed by atoms with E-state index in [0.29, 0.717) is 5.71 Å². The summed E-state index contributed by atoms with van der Waals surface area (Å²) in [4.78, 5) is 16.4. The zero-order chi connectivity index (χ0) is 15.1. The van der Waals surface area contributed by atoms with Crippen LogP contribution in [0.4, 0.5) is 11.4 Å². The smallest absolute Gasteiger partial charge is 0.276 e. The molecule has 2 heterocycles. The maximum Gasteiger partial charge on any atom is 0.276 e. The van der Waals surface area contributed by atoms with Gasteiger partial charge in [-0.3, -0.25) is 10.2 Å².